The molecule has 1 rings (SSSR count). The van der Waals surface area contributed by atoms with Crippen LogP contribution in [0.25, 0.3) is 0 Å². The Morgan fingerprint density at radius 2 is 2.18 bits per heavy atom. The number of rotatable bonds is 7. The largest absolute Gasteiger partial charge is 0.492 e. The van der Waals surface area contributed by atoms with E-state index in [2.05, 4.69) is 22.6 Å². The smallest absolute Gasteiger partial charge is 0.335 e. The van der Waals surface area contributed by atoms with Crippen LogP contribution in [-0.4, -0.2) is 30.9 Å². The summed E-state index contributed by atoms with van der Waals surface area (Å²) >= 11 is 2.12. The molecule has 4 nitrogen and oxygen atoms in total. The van der Waals surface area contributed by atoms with Gasteiger partial charge in [-0.25, -0.2) is 4.79 Å². The van der Waals surface area contributed by atoms with Crippen LogP contribution in [-0.2, 0) is 4.74 Å². The molecular weight excluding hydrogens is 335 g/mol. The summed E-state index contributed by atoms with van der Waals surface area (Å²) in [6, 6.07) is 4.85. The van der Waals surface area contributed by atoms with E-state index in [1.165, 1.54) is 0 Å². The molecule has 0 aliphatic carbocycles. The maximum Gasteiger partial charge on any atom is 0.335 e. The number of halogens is 1. The molecule has 17 heavy (non-hydrogen) atoms. The fourth-order valence-corrected chi connectivity index (χ4v) is 1.73. The molecule has 0 bridgehead atoms. The minimum Gasteiger partial charge on any atom is -0.492 e. The number of carboxylic acid groups (broad SMARTS) is 1. The fourth-order valence-electron chi connectivity index (χ4n) is 1.23. The summed E-state index contributed by atoms with van der Waals surface area (Å²) in [5.74, 6) is -0.331. The first kappa shape index (κ1) is 14.2. The van der Waals surface area contributed by atoms with Gasteiger partial charge in [-0.3, -0.25) is 0 Å². The van der Waals surface area contributed by atoms with Gasteiger partial charge < -0.3 is 14.6 Å². The highest BCUT2D eigenvalue weighted by atomic mass is 127. The number of ether oxygens (including phenoxy) is 2. The minimum atomic E-state index is -0.944. The third-order valence-corrected chi connectivity index (χ3v) is 2.96. The monoisotopic (exact) mass is 350 g/mol. The molecule has 1 N–H and O–H groups in total. The molecule has 0 saturated carbocycles. The highest BCUT2D eigenvalue weighted by molar-refractivity contribution is 14.1. The van der Waals surface area contributed by atoms with Crippen LogP contribution in [0.4, 0.5) is 0 Å². The van der Waals surface area contributed by atoms with Crippen LogP contribution in [0.1, 0.15) is 23.7 Å². The molecule has 0 aliphatic heterocycles. The Morgan fingerprint density at radius 1 is 1.41 bits per heavy atom. The molecule has 1 aromatic carbocycles. The van der Waals surface area contributed by atoms with Crippen molar-refractivity contribution in [3.05, 3.63) is 27.3 Å². The van der Waals surface area contributed by atoms with Crippen molar-refractivity contribution in [1.29, 1.82) is 0 Å². The van der Waals surface area contributed by atoms with Crippen molar-refractivity contribution < 1.29 is 19.4 Å². The number of aromatic carboxylic acids is 1. The topological polar surface area (TPSA) is 55.8 Å². The molecule has 0 spiro atoms. The number of carbonyl (C=O) groups is 1. The Morgan fingerprint density at radius 3 is 2.82 bits per heavy atom. The SMILES string of the molecule is CCOCCCOc1cc(C(=O)O)ccc1I. The highest BCUT2D eigenvalue weighted by Gasteiger charge is 2.07. The third-order valence-electron chi connectivity index (χ3n) is 2.07. The first-order valence-corrected chi connectivity index (χ1v) is 6.46. The van der Waals surface area contributed by atoms with Crippen LogP contribution in [0.5, 0.6) is 5.75 Å². The molecule has 0 aromatic heterocycles. The first-order valence-electron chi connectivity index (χ1n) is 5.38. The lowest BCUT2D eigenvalue weighted by Gasteiger charge is -2.09. The molecule has 5 heteroatoms. The van der Waals surface area contributed by atoms with E-state index >= 15 is 0 Å². The number of carboxylic acids is 1. The van der Waals surface area contributed by atoms with Crippen molar-refractivity contribution in [2.75, 3.05) is 19.8 Å². The minimum absolute atomic E-state index is 0.241. The van der Waals surface area contributed by atoms with E-state index in [-0.39, 0.29) is 5.56 Å². The van der Waals surface area contributed by atoms with Crippen LogP contribution in [0, 0.1) is 3.57 Å². The van der Waals surface area contributed by atoms with E-state index in [0.717, 1.165) is 9.99 Å². The van der Waals surface area contributed by atoms with Gasteiger partial charge in [0.15, 0.2) is 0 Å². The summed E-state index contributed by atoms with van der Waals surface area (Å²) in [6.07, 6.45) is 0.793. The molecule has 0 saturated heterocycles. The van der Waals surface area contributed by atoms with Crippen molar-refractivity contribution in [2.24, 2.45) is 0 Å². The third kappa shape index (κ3) is 4.91. The van der Waals surface area contributed by atoms with Crippen LogP contribution in [0.15, 0.2) is 18.2 Å². The Labute approximate surface area is 114 Å². The van der Waals surface area contributed by atoms with Crippen LogP contribution < -0.4 is 4.74 Å². The molecule has 0 radical (unpaired) electrons. The average Bonchev–Trinajstić information content (AvgIpc) is 2.30. The predicted molar refractivity (Wildman–Crippen MR) is 72.7 cm³/mol. The zero-order valence-corrected chi connectivity index (χ0v) is 11.8. The summed E-state index contributed by atoms with van der Waals surface area (Å²) in [5.41, 5.74) is 0.241. The van der Waals surface area contributed by atoms with Crippen molar-refractivity contribution in [3.63, 3.8) is 0 Å². The number of hydrogen-bond donors (Lipinski definition) is 1. The van der Waals surface area contributed by atoms with Gasteiger partial charge in [-0.1, -0.05) is 0 Å². The first-order chi connectivity index (χ1) is 8.15. The van der Waals surface area contributed by atoms with Gasteiger partial charge in [-0.2, -0.15) is 0 Å². The second-order valence-electron chi connectivity index (χ2n) is 3.35. The van der Waals surface area contributed by atoms with E-state index in [1.54, 1.807) is 18.2 Å². The second kappa shape index (κ2) is 7.50. The zero-order chi connectivity index (χ0) is 12.7. The summed E-state index contributed by atoms with van der Waals surface area (Å²) in [5, 5.41) is 8.86. The van der Waals surface area contributed by atoms with Crippen LogP contribution >= 0.6 is 22.6 Å². The lowest BCUT2D eigenvalue weighted by Crippen LogP contribution is -2.05. The maximum atomic E-state index is 10.8. The molecule has 0 amide bonds. The molecule has 0 aliphatic rings. The zero-order valence-electron chi connectivity index (χ0n) is 9.61. The normalized spacial score (nSPS) is 10.2. The molecule has 1 aromatic rings. The average molecular weight is 350 g/mol. The van der Waals surface area contributed by atoms with Crippen molar-refractivity contribution in [3.8, 4) is 5.75 Å². The van der Waals surface area contributed by atoms with E-state index in [0.29, 0.717) is 25.6 Å². The number of hydrogen-bond acceptors (Lipinski definition) is 3. The molecule has 94 valence electrons. The fraction of sp³-hybridized carbons (Fsp3) is 0.417. The van der Waals surface area contributed by atoms with Gasteiger partial charge in [0.1, 0.15) is 5.75 Å². The van der Waals surface area contributed by atoms with Gasteiger partial charge >= 0.3 is 5.97 Å². The van der Waals surface area contributed by atoms with E-state index in [9.17, 15) is 4.79 Å². The van der Waals surface area contributed by atoms with Gasteiger partial charge in [-0.05, 0) is 47.7 Å². The van der Waals surface area contributed by atoms with E-state index < -0.39 is 5.97 Å². The van der Waals surface area contributed by atoms with Gasteiger partial charge in [0, 0.05) is 19.6 Å². The summed E-state index contributed by atoms with van der Waals surface area (Å²) in [7, 11) is 0. The number of benzene rings is 1. The Hall–Kier alpha value is -0.820. The molecule has 0 atom stereocenters. The Balaban J connectivity index is 2.51. The van der Waals surface area contributed by atoms with E-state index in [1.807, 2.05) is 6.92 Å². The summed E-state index contributed by atoms with van der Waals surface area (Å²) in [4.78, 5) is 10.8. The van der Waals surface area contributed by atoms with Gasteiger partial charge in [-0.15, -0.1) is 0 Å². The van der Waals surface area contributed by atoms with Crippen molar-refractivity contribution >= 4 is 28.6 Å². The van der Waals surface area contributed by atoms with Crippen LogP contribution in [0.3, 0.4) is 0 Å². The highest BCUT2D eigenvalue weighted by Crippen LogP contribution is 2.22. The van der Waals surface area contributed by atoms with Crippen molar-refractivity contribution in [2.45, 2.75) is 13.3 Å². The molecule has 0 unspecified atom stereocenters. The van der Waals surface area contributed by atoms with Gasteiger partial charge in [0.2, 0.25) is 0 Å². The summed E-state index contributed by atoms with van der Waals surface area (Å²) < 4.78 is 11.6. The Kier molecular flexibility index (Phi) is 6.28. The molecular formula is C12H15IO4. The Bertz CT molecular complexity index is 379. The maximum absolute atomic E-state index is 10.8. The van der Waals surface area contributed by atoms with E-state index in [4.69, 9.17) is 14.6 Å². The lowest BCUT2D eigenvalue weighted by molar-refractivity contribution is 0.0696. The summed E-state index contributed by atoms with van der Waals surface area (Å²) in [6.45, 7) is 3.83. The second-order valence-corrected chi connectivity index (χ2v) is 4.51. The quantitative estimate of drug-likeness (QED) is 0.607. The standard InChI is InChI=1S/C12H15IO4/c1-2-16-6-3-7-17-11-8-9(12(14)15)4-5-10(11)13/h4-5,8H,2-3,6-7H2,1H3,(H,14,15). The van der Waals surface area contributed by atoms with Gasteiger partial charge in [0.25, 0.3) is 0 Å². The lowest BCUT2D eigenvalue weighted by atomic mass is 10.2. The van der Waals surface area contributed by atoms with Crippen molar-refractivity contribution in [1.82, 2.24) is 0 Å². The van der Waals surface area contributed by atoms with Crippen LogP contribution in [0.2, 0.25) is 0 Å². The predicted octanol–water partition coefficient (Wildman–Crippen LogP) is 2.79. The van der Waals surface area contributed by atoms with Gasteiger partial charge in [0.05, 0.1) is 15.7 Å². The molecule has 0 heterocycles. The molecule has 0 fully saturated rings.